The molecule has 0 heterocycles. The number of nitro benzene ring substituents is 1. The summed E-state index contributed by atoms with van der Waals surface area (Å²) < 4.78 is 29.2. The van der Waals surface area contributed by atoms with Gasteiger partial charge in [-0.15, -0.1) is 0 Å². The third-order valence-corrected chi connectivity index (χ3v) is 4.07. The molecular weight excluding hydrogens is 294 g/mol. The minimum atomic E-state index is -4.11. The zero-order valence-electron chi connectivity index (χ0n) is 11.4. The van der Waals surface area contributed by atoms with E-state index in [0.29, 0.717) is 5.56 Å². The number of aryl methyl sites for hydroxylation is 2. The van der Waals surface area contributed by atoms with Crippen LogP contribution in [0.1, 0.15) is 11.1 Å². The fourth-order valence-corrected chi connectivity index (χ4v) is 2.65. The highest BCUT2D eigenvalue weighted by atomic mass is 32.2. The Balaban J connectivity index is 2.43. The lowest BCUT2D eigenvalue weighted by Gasteiger charge is -2.08. The molecule has 0 radical (unpaired) electrons. The molecule has 2 aromatic carbocycles. The molecule has 2 aromatic rings. The molecule has 0 saturated carbocycles. The Labute approximate surface area is 122 Å². The summed E-state index contributed by atoms with van der Waals surface area (Å²) in [4.78, 5) is 10.2. The highest BCUT2D eigenvalue weighted by Crippen LogP contribution is 2.30. The molecule has 0 saturated heterocycles. The maximum absolute atomic E-state index is 12.2. The summed E-state index contributed by atoms with van der Waals surface area (Å²) in [5, 5.41) is 10.9. The summed E-state index contributed by atoms with van der Waals surface area (Å²) in [6.45, 7) is 3.51. The van der Waals surface area contributed by atoms with Crippen LogP contribution in [0, 0.1) is 24.0 Å². The first-order valence-corrected chi connectivity index (χ1v) is 7.46. The van der Waals surface area contributed by atoms with Crippen molar-refractivity contribution in [1.82, 2.24) is 0 Å². The molecule has 0 unspecified atom stereocenters. The lowest BCUT2D eigenvalue weighted by atomic mass is 10.2. The van der Waals surface area contributed by atoms with Gasteiger partial charge in [0.25, 0.3) is 0 Å². The zero-order chi connectivity index (χ0) is 15.6. The van der Waals surface area contributed by atoms with E-state index in [1.165, 1.54) is 30.3 Å². The Bertz CT molecular complexity index is 782. The fourth-order valence-electron chi connectivity index (χ4n) is 1.71. The number of rotatable bonds is 4. The smallest absolute Gasteiger partial charge is 0.339 e. The molecule has 0 bridgehead atoms. The molecular formula is C14H13NO5S. The van der Waals surface area contributed by atoms with Gasteiger partial charge in [-0.25, -0.2) is 0 Å². The summed E-state index contributed by atoms with van der Waals surface area (Å²) in [5.41, 5.74) is 1.17. The molecule has 0 aromatic heterocycles. The summed E-state index contributed by atoms with van der Waals surface area (Å²) in [6.07, 6.45) is 0. The Morgan fingerprint density at radius 3 is 2.14 bits per heavy atom. The van der Waals surface area contributed by atoms with Crippen LogP contribution in [0.15, 0.2) is 47.4 Å². The molecule has 0 N–H and O–H groups in total. The van der Waals surface area contributed by atoms with Crippen molar-refractivity contribution in [3.63, 3.8) is 0 Å². The quantitative estimate of drug-likeness (QED) is 0.492. The van der Waals surface area contributed by atoms with Crippen molar-refractivity contribution >= 4 is 15.8 Å². The molecule has 0 aliphatic heterocycles. The van der Waals surface area contributed by atoms with Crippen LogP contribution in [0.2, 0.25) is 0 Å². The van der Waals surface area contributed by atoms with Crippen molar-refractivity contribution in [1.29, 1.82) is 0 Å². The summed E-state index contributed by atoms with van der Waals surface area (Å²) >= 11 is 0. The molecule has 0 amide bonds. The van der Waals surface area contributed by atoms with Gasteiger partial charge in [0, 0.05) is 6.07 Å². The molecule has 110 valence electrons. The van der Waals surface area contributed by atoms with Crippen LogP contribution in [-0.2, 0) is 10.1 Å². The summed E-state index contributed by atoms with van der Waals surface area (Å²) in [6, 6.07) is 10.1. The van der Waals surface area contributed by atoms with Gasteiger partial charge in [0.1, 0.15) is 4.90 Å². The second kappa shape index (κ2) is 5.53. The van der Waals surface area contributed by atoms with Crippen LogP contribution >= 0.6 is 0 Å². The van der Waals surface area contributed by atoms with Gasteiger partial charge in [0.15, 0.2) is 0 Å². The van der Waals surface area contributed by atoms with E-state index < -0.39 is 20.7 Å². The first-order valence-electron chi connectivity index (χ1n) is 6.06. The molecule has 0 fully saturated rings. The molecule has 0 aliphatic carbocycles. The van der Waals surface area contributed by atoms with E-state index in [4.69, 9.17) is 4.18 Å². The van der Waals surface area contributed by atoms with Gasteiger partial charge in [0.05, 0.1) is 4.92 Å². The van der Waals surface area contributed by atoms with Gasteiger partial charge < -0.3 is 4.18 Å². The predicted octanol–water partition coefficient (Wildman–Crippen LogP) is 2.98. The van der Waals surface area contributed by atoms with E-state index in [1.807, 2.05) is 6.92 Å². The van der Waals surface area contributed by atoms with Gasteiger partial charge in [-0.05, 0) is 37.6 Å². The van der Waals surface area contributed by atoms with Crippen LogP contribution in [-0.4, -0.2) is 13.3 Å². The normalized spacial score (nSPS) is 11.1. The Kier molecular flexibility index (Phi) is 3.95. The fraction of sp³-hybridized carbons (Fsp3) is 0.143. The van der Waals surface area contributed by atoms with Crippen molar-refractivity contribution in [2.75, 3.05) is 0 Å². The Morgan fingerprint density at radius 2 is 1.57 bits per heavy atom. The molecule has 0 aliphatic rings. The van der Waals surface area contributed by atoms with Gasteiger partial charge in [0.2, 0.25) is 5.75 Å². The van der Waals surface area contributed by atoms with Crippen LogP contribution < -0.4 is 4.18 Å². The van der Waals surface area contributed by atoms with Crippen molar-refractivity contribution in [3.8, 4) is 5.75 Å². The monoisotopic (exact) mass is 307 g/mol. The zero-order valence-corrected chi connectivity index (χ0v) is 12.3. The lowest BCUT2D eigenvalue weighted by Crippen LogP contribution is -2.11. The number of hydrogen-bond donors (Lipinski definition) is 0. The standard InChI is InChI=1S/C14H13NO5S/c1-10-3-6-12(7-4-10)21(18,19)20-14-9-11(2)5-8-13(14)15(16)17/h3-9H,1-2H3. The van der Waals surface area contributed by atoms with Gasteiger partial charge in [-0.3, -0.25) is 10.1 Å². The van der Waals surface area contributed by atoms with Crippen LogP contribution in [0.5, 0.6) is 5.75 Å². The molecule has 7 heteroatoms. The molecule has 0 spiro atoms. The third-order valence-electron chi connectivity index (χ3n) is 2.82. The highest BCUT2D eigenvalue weighted by Gasteiger charge is 2.23. The number of nitro groups is 1. The minimum Gasteiger partial charge on any atom is -0.372 e. The highest BCUT2D eigenvalue weighted by molar-refractivity contribution is 7.87. The van der Waals surface area contributed by atoms with Gasteiger partial charge in [-0.1, -0.05) is 23.8 Å². The average Bonchev–Trinajstić information content (AvgIpc) is 2.38. The van der Waals surface area contributed by atoms with Crippen LogP contribution in [0.3, 0.4) is 0 Å². The van der Waals surface area contributed by atoms with Crippen LogP contribution in [0.25, 0.3) is 0 Å². The summed E-state index contributed by atoms with van der Waals surface area (Å²) in [5.74, 6) is -0.291. The maximum atomic E-state index is 12.2. The lowest BCUT2D eigenvalue weighted by molar-refractivity contribution is -0.385. The Hall–Kier alpha value is -2.41. The number of hydrogen-bond acceptors (Lipinski definition) is 5. The van der Waals surface area contributed by atoms with Gasteiger partial charge >= 0.3 is 15.8 Å². The molecule has 2 rings (SSSR count). The van der Waals surface area contributed by atoms with Crippen molar-refractivity contribution in [2.45, 2.75) is 18.7 Å². The van der Waals surface area contributed by atoms with E-state index in [-0.39, 0.29) is 10.6 Å². The van der Waals surface area contributed by atoms with Crippen LogP contribution in [0.4, 0.5) is 5.69 Å². The van der Waals surface area contributed by atoms with Crippen molar-refractivity contribution in [3.05, 3.63) is 63.7 Å². The molecule has 0 atom stereocenters. The van der Waals surface area contributed by atoms with E-state index >= 15 is 0 Å². The number of nitrogens with zero attached hydrogens (tertiary/aromatic N) is 1. The van der Waals surface area contributed by atoms with Gasteiger partial charge in [-0.2, -0.15) is 8.42 Å². The SMILES string of the molecule is Cc1ccc(S(=O)(=O)Oc2cc(C)ccc2[N+](=O)[O-])cc1. The minimum absolute atomic E-state index is 0.0519. The first kappa shape index (κ1) is 15.0. The van der Waals surface area contributed by atoms with E-state index in [9.17, 15) is 18.5 Å². The number of benzene rings is 2. The second-order valence-corrected chi connectivity index (χ2v) is 6.13. The van der Waals surface area contributed by atoms with E-state index in [2.05, 4.69) is 0 Å². The largest absolute Gasteiger partial charge is 0.372 e. The van der Waals surface area contributed by atoms with E-state index in [1.54, 1.807) is 19.1 Å². The second-order valence-electron chi connectivity index (χ2n) is 4.58. The first-order chi connectivity index (χ1) is 9.79. The topological polar surface area (TPSA) is 86.5 Å². The van der Waals surface area contributed by atoms with Crippen molar-refractivity contribution in [2.24, 2.45) is 0 Å². The molecule has 21 heavy (non-hydrogen) atoms. The predicted molar refractivity (Wildman–Crippen MR) is 76.8 cm³/mol. The van der Waals surface area contributed by atoms with Crippen molar-refractivity contribution < 1.29 is 17.5 Å². The third kappa shape index (κ3) is 3.38. The van der Waals surface area contributed by atoms with E-state index in [0.717, 1.165) is 5.56 Å². The maximum Gasteiger partial charge on any atom is 0.339 e. The Morgan fingerprint density at radius 1 is 1.00 bits per heavy atom. The summed E-state index contributed by atoms with van der Waals surface area (Å²) in [7, 11) is -4.11. The average molecular weight is 307 g/mol. The molecule has 6 nitrogen and oxygen atoms in total.